The van der Waals surface area contributed by atoms with E-state index >= 15 is 0 Å². The number of nitrogens with one attached hydrogen (secondary N) is 2. The second-order valence-corrected chi connectivity index (χ2v) is 3.91. The van der Waals surface area contributed by atoms with Gasteiger partial charge in [0.1, 0.15) is 0 Å². The fraction of sp³-hybridized carbons (Fsp3) is 0.909. The fourth-order valence-corrected chi connectivity index (χ4v) is 1.80. The van der Waals surface area contributed by atoms with Crippen LogP contribution in [0.4, 0.5) is 0 Å². The van der Waals surface area contributed by atoms with E-state index in [0.29, 0.717) is 19.1 Å². The molecule has 0 aliphatic carbocycles. The Labute approximate surface area is 91.8 Å². The van der Waals surface area contributed by atoms with Crippen molar-refractivity contribution in [2.24, 2.45) is 0 Å². The van der Waals surface area contributed by atoms with Gasteiger partial charge in [0.05, 0.1) is 6.61 Å². The minimum Gasteiger partial charge on any atom is -0.466 e. The van der Waals surface area contributed by atoms with Gasteiger partial charge in [0.25, 0.3) is 0 Å². The smallest absolute Gasteiger partial charge is 0.305 e. The maximum Gasteiger partial charge on any atom is 0.305 e. The van der Waals surface area contributed by atoms with Gasteiger partial charge in [0, 0.05) is 19.0 Å². The fourth-order valence-electron chi connectivity index (χ4n) is 1.80. The molecular weight excluding hydrogens is 192 g/mol. The van der Waals surface area contributed by atoms with Crippen LogP contribution < -0.4 is 10.6 Å². The average Bonchev–Trinajstić information content (AvgIpc) is 2.26. The van der Waals surface area contributed by atoms with Crippen LogP contribution in [0, 0.1) is 0 Å². The van der Waals surface area contributed by atoms with Crippen LogP contribution in [0.2, 0.25) is 0 Å². The lowest BCUT2D eigenvalue weighted by molar-refractivity contribution is -0.143. The normalized spacial score (nSPS) is 21.3. The monoisotopic (exact) mass is 214 g/mol. The lowest BCUT2D eigenvalue weighted by atomic mass is 10.1. The van der Waals surface area contributed by atoms with E-state index in [2.05, 4.69) is 10.6 Å². The van der Waals surface area contributed by atoms with Gasteiger partial charge in [0.15, 0.2) is 0 Å². The summed E-state index contributed by atoms with van der Waals surface area (Å²) in [6, 6.07) is 0.584. The van der Waals surface area contributed by atoms with Crippen molar-refractivity contribution in [1.29, 1.82) is 0 Å². The molecule has 0 aromatic heterocycles. The highest BCUT2D eigenvalue weighted by Crippen LogP contribution is 2.01. The van der Waals surface area contributed by atoms with Gasteiger partial charge >= 0.3 is 5.97 Å². The van der Waals surface area contributed by atoms with Crippen molar-refractivity contribution in [3.63, 3.8) is 0 Å². The molecule has 1 atom stereocenters. The third kappa shape index (κ3) is 5.74. The lowest BCUT2D eigenvalue weighted by Gasteiger charge is -2.23. The number of piperidine rings is 1. The second-order valence-electron chi connectivity index (χ2n) is 3.91. The summed E-state index contributed by atoms with van der Waals surface area (Å²) in [5, 5.41) is 6.80. The van der Waals surface area contributed by atoms with Crippen molar-refractivity contribution in [3.05, 3.63) is 0 Å². The highest BCUT2D eigenvalue weighted by Gasteiger charge is 2.11. The number of esters is 1. The van der Waals surface area contributed by atoms with Crippen molar-refractivity contribution in [2.75, 3.05) is 26.2 Å². The molecule has 88 valence electrons. The number of carbonyl (C=O) groups excluding carboxylic acids is 1. The summed E-state index contributed by atoms with van der Waals surface area (Å²) < 4.78 is 4.85. The van der Waals surface area contributed by atoms with Crippen molar-refractivity contribution < 1.29 is 9.53 Å². The molecule has 0 amide bonds. The molecule has 0 aromatic carbocycles. The molecule has 1 aliphatic rings. The molecule has 0 spiro atoms. The molecule has 2 N–H and O–H groups in total. The molecular formula is C11H22N2O2. The molecule has 4 heteroatoms. The highest BCUT2D eigenvalue weighted by molar-refractivity contribution is 5.69. The highest BCUT2D eigenvalue weighted by atomic mass is 16.5. The maximum atomic E-state index is 11.0. The minimum absolute atomic E-state index is 0.0823. The number of hydrogen-bond donors (Lipinski definition) is 2. The Morgan fingerprint density at radius 3 is 3.13 bits per heavy atom. The van der Waals surface area contributed by atoms with E-state index in [9.17, 15) is 4.79 Å². The van der Waals surface area contributed by atoms with E-state index in [1.54, 1.807) is 0 Å². The zero-order valence-corrected chi connectivity index (χ0v) is 9.55. The second kappa shape index (κ2) is 7.65. The molecule has 4 nitrogen and oxygen atoms in total. The first-order valence-electron chi connectivity index (χ1n) is 5.92. The Morgan fingerprint density at radius 2 is 2.47 bits per heavy atom. The van der Waals surface area contributed by atoms with E-state index in [1.165, 1.54) is 12.8 Å². The summed E-state index contributed by atoms with van der Waals surface area (Å²) in [6.07, 6.45) is 3.89. The molecule has 1 rings (SSSR count). The van der Waals surface area contributed by atoms with E-state index in [0.717, 1.165) is 26.1 Å². The van der Waals surface area contributed by atoms with Crippen LogP contribution in [0.1, 0.15) is 32.6 Å². The number of carbonyl (C=O) groups is 1. The predicted octanol–water partition coefficient (Wildman–Crippen LogP) is 0.671. The Kier molecular flexibility index (Phi) is 6.36. The molecule has 1 saturated heterocycles. The third-order valence-electron chi connectivity index (χ3n) is 2.59. The van der Waals surface area contributed by atoms with E-state index in [-0.39, 0.29) is 5.97 Å². The topological polar surface area (TPSA) is 50.4 Å². The van der Waals surface area contributed by atoms with E-state index in [4.69, 9.17) is 4.74 Å². The Hall–Kier alpha value is -0.610. The third-order valence-corrected chi connectivity index (χ3v) is 2.59. The van der Waals surface area contributed by atoms with Gasteiger partial charge in [0.2, 0.25) is 0 Å². The van der Waals surface area contributed by atoms with Crippen LogP contribution in [0.15, 0.2) is 0 Å². The molecule has 1 fully saturated rings. The van der Waals surface area contributed by atoms with Gasteiger partial charge < -0.3 is 15.4 Å². The largest absolute Gasteiger partial charge is 0.466 e. The first-order chi connectivity index (χ1) is 7.33. The first-order valence-corrected chi connectivity index (χ1v) is 5.92. The van der Waals surface area contributed by atoms with Crippen molar-refractivity contribution >= 4 is 5.97 Å². The molecule has 0 radical (unpaired) electrons. The molecule has 1 heterocycles. The summed E-state index contributed by atoms with van der Waals surface area (Å²) in [5.74, 6) is -0.0823. The minimum atomic E-state index is -0.0823. The van der Waals surface area contributed by atoms with Crippen LogP contribution in [0.3, 0.4) is 0 Å². The van der Waals surface area contributed by atoms with Crippen LogP contribution in [-0.2, 0) is 9.53 Å². The molecule has 0 bridgehead atoms. The summed E-state index contributed by atoms with van der Waals surface area (Å²) in [4.78, 5) is 11.0. The van der Waals surface area contributed by atoms with Gasteiger partial charge in [-0.1, -0.05) is 0 Å². The Balaban J connectivity index is 1.93. The van der Waals surface area contributed by atoms with Crippen molar-refractivity contribution in [2.45, 2.75) is 38.6 Å². The summed E-state index contributed by atoms with van der Waals surface area (Å²) in [5.41, 5.74) is 0. The molecule has 15 heavy (non-hydrogen) atoms. The predicted molar refractivity (Wildman–Crippen MR) is 59.8 cm³/mol. The first kappa shape index (κ1) is 12.5. The molecule has 1 unspecified atom stereocenters. The molecule has 1 aliphatic heterocycles. The van der Waals surface area contributed by atoms with Gasteiger partial charge in [-0.15, -0.1) is 0 Å². The van der Waals surface area contributed by atoms with Crippen molar-refractivity contribution in [3.8, 4) is 0 Å². The van der Waals surface area contributed by atoms with Crippen LogP contribution in [-0.4, -0.2) is 38.3 Å². The zero-order chi connectivity index (χ0) is 10.9. The summed E-state index contributed by atoms with van der Waals surface area (Å²) >= 11 is 0. The van der Waals surface area contributed by atoms with Gasteiger partial charge in [-0.05, 0) is 39.3 Å². The molecule has 0 saturated carbocycles. The van der Waals surface area contributed by atoms with E-state index in [1.807, 2.05) is 6.92 Å². The maximum absolute atomic E-state index is 11.0. The number of hydrogen-bond acceptors (Lipinski definition) is 4. The zero-order valence-electron chi connectivity index (χ0n) is 9.55. The van der Waals surface area contributed by atoms with Gasteiger partial charge in [-0.2, -0.15) is 0 Å². The van der Waals surface area contributed by atoms with Crippen LogP contribution >= 0.6 is 0 Å². The Bertz CT molecular complexity index is 179. The quantitative estimate of drug-likeness (QED) is 0.504. The van der Waals surface area contributed by atoms with Crippen LogP contribution in [0.25, 0.3) is 0 Å². The summed E-state index contributed by atoms with van der Waals surface area (Å²) in [6.45, 7) is 5.42. The number of rotatable bonds is 6. The Morgan fingerprint density at radius 1 is 1.60 bits per heavy atom. The van der Waals surface area contributed by atoms with Gasteiger partial charge in [-0.3, -0.25) is 4.79 Å². The van der Waals surface area contributed by atoms with Gasteiger partial charge in [-0.25, -0.2) is 0 Å². The lowest BCUT2D eigenvalue weighted by Crippen LogP contribution is -2.43. The number of ether oxygens (including phenoxy) is 1. The van der Waals surface area contributed by atoms with Crippen molar-refractivity contribution in [1.82, 2.24) is 10.6 Å². The van der Waals surface area contributed by atoms with Crippen LogP contribution in [0.5, 0.6) is 0 Å². The standard InChI is InChI=1S/C11H22N2O2/c1-2-15-11(14)6-4-8-13-10-5-3-7-12-9-10/h10,12-13H,2-9H2,1H3. The SMILES string of the molecule is CCOC(=O)CCCNC1CCCNC1. The average molecular weight is 214 g/mol. The van der Waals surface area contributed by atoms with E-state index < -0.39 is 0 Å². The molecule has 0 aromatic rings. The summed E-state index contributed by atoms with van der Waals surface area (Å²) in [7, 11) is 0.